The molecule has 4 aromatic carbocycles. The van der Waals surface area contributed by atoms with Crippen molar-refractivity contribution in [2.24, 2.45) is 0 Å². The molecule has 0 heterocycles. The van der Waals surface area contributed by atoms with Gasteiger partial charge in [0.1, 0.15) is 0 Å². The first-order valence-corrected chi connectivity index (χ1v) is 12.4. The maximum absolute atomic E-state index is 10.5. The molecule has 0 saturated heterocycles. The molecule has 4 rings (SSSR count). The zero-order valence-corrected chi connectivity index (χ0v) is 19.5. The Balaban J connectivity index is 0.000000196. The van der Waals surface area contributed by atoms with Gasteiger partial charge >= 0.3 is 0 Å². The van der Waals surface area contributed by atoms with Gasteiger partial charge in [0.05, 0.1) is 4.92 Å². The van der Waals surface area contributed by atoms with Gasteiger partial charge in [-0.25, -0.2) is 0 Å². The second kappa shape index (κ2) is 12.1. The number of alkyl halides is 1. The maximum Gasteiger partial charge on any atom is 0.272 e. The van der Waals surface area contributed by atoms with Crippen molar-refractivity contribution < 1.29 is 4.92 Å². The Hall–Kier alpha value is -2.81. The Bertz CT molecular complexity index is 982. The van der Waals surface area contributed by atoms with Crippen LogP contribution >= 0.6 is 23.9 Å². The molecule has 5 heteroatoms. The fourth-order valence-corrected chi connectivity index (χ4v) is 5.91. The number of benzene rings is 4. The van der Waals surface area contributed by atoms with E-state index in [0.29, 0.717) is 6.42 Å². The van der Waals surface area contributed by atoms with Gasteiger partial charge in [0, 0.05) is 17.0 Å². The fourth-order valence-electron chi connectivity index (χ4n) is 3.18. The van der Waals surface area contributed by atoms with Crippen LogP contribution in [0.1, 0.15) is 5.56 Å². The SMILES string of the molecule is O=[N+]([O-])c1ccccc1CCBr.c1ccc(P(c2ccccc2)c2ccccc2)cc1. The molecule has 0 radical (unpaired) electrons. The van der Waals surface area contributed by atoms with Gasteiger partial charge in [0.2, 0.25) is 0 Å². The summed E-state index contributed by atoms with van der Waals surface area (Å²) in [4.78, 5) is 10.1. The first-order valence-electron chi connectivity index (χ1n) is 9.94. The van der Waals surface area contributed by atoms with Crippen LogP contribution in [0, 0.1) is 10.1 Å². The average Bonchev–Trinajstić information content (AvgIpc) is 2.82. The predicted octanol–water partition coefficient (Wildman–Crippen LogP) is 5.98. The van der Waals surface area contributed by atoms with Gasteiger partial charge in [-0.2, -0.15) is 0 Å². The van der Waals surface area contributed by atoms with E-state index in [1.807, 2.05) is 6.07 Å². The Morgan fingerprint density at radius 3 is 1.42 bits per heavy atom. The topological polar surface area (TPSA) is 43.1 Å². The summed E-state index contributed by atoms with van der Waals surface area (Å²) in [5.74, 6) is 0. The van der Waals surface area contributed by atoms with Crippen molar-refractivity contribution in [2.45, 2.75) is 6.42 Å². The molecule has 0 aliphatic heterocycles. The molecule has 0 saturated carbocycles. The van der Waals surface area contributed by atoms with E-state index in [1.165, 1.54) is 22.0 Å². The van der Waals surface area contributed by atoms with E-state index in [1.54, 1.807) is 12.1 Å². The highest BCUT2D eigenvalue weighted by Crippen LogP contribution is 2.32. The molecule has 3 nitrogen and oxygen atoms in total. The predicted molar refractivity (Wildman–Crippen MR) is 136 cm³/mol. The highest BCUT2D eigenvalue weighted by molar-refractivity contribution is 9.09. The molecule has 0 aliphatic carbocycles. The van der Waals surface area contributed by atoms with E-state index in [-0.39, 0.29) is 10.6 Å². The summed E-state index contributed by atoms with van der Waals surface area (Å²) < 4.78 is 0. The van der Waals surface area contributed by atoms with E-state index in [2.05, 4.69) is 107 Å². The first kappa shape index (κ1) is 22.9. The van der Waals surface area contributed by atoms with Gasteiger partial charge in [-0.1, -0.05) is 125 Å². The average molecular weight is 492 g/mol. The molecular formula is C26H23BrNO2P. The summed E-state index contributed by atoms with van der Waals surface area (Å²) in [5, 5.41) is 15.4. The van der Waals surface area contributed by atoms with Crippen LogP contribution in [0.25, 0.3) is 0 Å². The molecule has 0 spiro atoms. The standard InChI is InChI=1S/C18H15P.C8H8BrNO2/c1-4-10-16(11-5-1)19(17-12-6-2-7-13-17)18-14-8-3-9-15-18;9-6-5-7-3-1-2-4-8(7)10(11)12/h1-15H;1-4H,5-6H2. The number of nitrogens with zero attached hydrogens (tertiary/aromatic N) is 1. The molecule has 0 atom stereocenters. The summed E-state index contributed by atoms with van der Waals surface area (Å²) in [6.07, 6.45) is 0.692. The van der Waals surface area contributed by atoms with E-state index in [9.17, 15) is 10.1 Å². The van der Waals surface area contributed by atoms with Gasteiger partial charge in [-0.05, 0) is 30.3 Å². The zero-order chi connectivity index (χ0) is 21.9. The normalized spacial score (nSPS) is 10.3. The quantitative estimate of drug-likeness (QED) is 0.144. The minimum atomic E-state index is -0.446. The third kappa shape index (κ3) is 6.58. The third-order valence-corrected chi connectivity index (χ3v) is 7.44. The number of aryl methyl sites for hydroxylation is 1. The van der Waals surface area contributed by atoms with Crippen LogP contribution in [-0.2, 0) is 6.42 Å². The van der Waals surface area contributed by atoms with E-state index >= 15 is 0 Å². The van der Waals surface area contributed by atoms with Gasteiger partial charge < -0.3 is 0 Å². The molecule has 0 bridgehead atoms. The minimum absolute atomic E-state index is 0.206. The molecular weight excluding hydrogens is 469 g/mol. The van der Waals surface area contributed by atoms with Crippen LogP contribution in [0.5, 0.6) is 0 Å². The van der Waals surface area contributed by atoms with Crippen LogP contribution in [-0.4, -0.2) is 10.3 Å². The monoisotopic (exact) mass is 491 g/mol. The highest BCUT2D eigenvalue weighted by atomic mass is 79.9. The lowest BCUT2D eigenvalue weighted by molar-refractivity contribution is -0.385. The van der Waals surface area contributed by atoms with Crippen LogP contribution in [0.3, 0.4) is 0 Å². The Morgan fingerprint density at radius 2 is 1.03 bits per heavy atom. The number of halogens is 1. The van der Waals surface area contributed by atoms with Crippen molar-refractivity contribution in [1.82, 2.24) is 0 Å². The summed E-state index contributed by atoms with van der Waals surface area (Å²) >= 11 is 3.25. The zero-order valence-electron chi connectivity index (χ0n) is 17.0. The van der Waals surface area contributed by atoms with E-state index < -0.39 is 7.92 Å². The number of hydrogen-bond acceptors (Lipinski definition) is 2. The molecule has 0 N–H and O–H groups in total. The number of nitro benzene ring substituents is 1. The largest absolute Gasteiger partial charge is 0.272 e. The summed E-state index contributed by atoms with van der Waals surface area (Å²) in [6.45, 7) is 0. The number of rotatable bonds is 6. The van der Waals surface area contributed by atoms with Crippen LogP contribution in [0.4, 0.5) is 5.69 Å². The minimum Gasteiger partial charge on any atom is -0.258 e. The van der Waals surface area contributed by atoms with E-state index in [0.717, 1.165) is 10.9 Å². The molecule has 31 heavy (non-hydrogen) atoms. The molecule has 0 aliphatic rings. The van der Waals surface area contributed by atoms with Gasteiger partial charge in [0.15, 0.2) is 0 Å². The Kier molecular flexibility index (Phi) is 8.96. The fraction of sp³-hybridized carbons (Fsp3) is 0.0769. The molecule has 0 fully saturated rings. The van der Waals surface area contributed by atoms with E-state index in [4.69, 9.17) is 0 Å². The summed E-state index contributed by atoms with van der Waals surface area (Å²) in [5.41, 5.74) is 0.983. The van der Waals surface area contributed by atoms with Crippen molar-refractivity contribution in [3.05, 3.63) is 131 Å². The van der Waals surface area contributed by atoms with Crippen molar-refractivity contribution >= 4 is 45.5 Å². The van der Waals surface area contributed by atoms with Crippen LogP contribution < -0.4 is 15.9 Å². The molecule has 156 valence electrons. The molecule has 4 aromatic rings. The van der Waals surface area contributed by atoms with Crippen molar-refractivity contribution in [1.29, 1.82) is 0 Å². The van der Waals surface area contributed by atoms with Crippen LogP contribution in [0.2, 0.25) is 0 Å². The molecule has 0 amide bonds. The lowest BCUT2D eigenvalue weighted by Crippen LogP contribution is -2.20. The van der Waals surface area contributed by atoms with Crippen LogP contribution in [0.15, 0.2) is 115 Å². The summed E-state index contributed by atoms with van der Waals surface area (Å²) in [7, 11) is -0.446. The van der Waals surface area contributed by atoms with Crippen molar-refractivity contribution in [2.75, 3.05) is 5.33 Å². The van der Waals surface area contributed by atoms with Gasteiger partial charge in [-0.15, -0.1) is 0 Å². The second-order valence-electron chi connectivity index (χ2n) is 6.67. The van der Waals surface area contributed by atoms with Crippen molar-refractivity contribution in [3.63, 3.8) is 0 Å². The highest BCUT2D eigenvalue weighted by Gasteiger charge is 2.15. The lowest BCUT2D eigenvalue weighted by atomic mass is 10.1. The summed E-state index contributed by atoms with van der Waals surface area (Å²) in [6, 6.07) is 39.1. The van der Waals surface area contributed by atoms with Gasteiger partial charge in [0.25, 0.3) is 5.69 Å². The number of para-hydroxylation sites is 1. The van der Waals surface area contributed by atoms with Gasteiger partial charge in [-0.3, -0.25) is 10.1 Å². The van der Waals surface area contributed by atoms with Crippen molar-refractivity contribution in [3.8, 4) is 0 Å². The third-order valence-electron chi connectivity index (χ3n) is 4.60. The second-order valence-corrected chi connectivity index (χ2v) is 9.68. The smallest absolute Gasteiger partial charge is 0.258 e. The first-order chi connectivity index (χ1) is 15.2. The Morgan fingerprint density at radius 1 is 0.645 bits per heavy atom. The number of nitro groups is 1. The maximum atomic E-state index is 10.5. The molecule has 0 aromatic heterocycles. The lowest BCUT2D eigenvalue weighted by Gasteiger charge is -2.18. The molecule has 0 unspecified atom stereocenters. The Labute approximate surface area is 192 Å². The number of hydrogen-bond donors (Lipinski definition) is 0.